The number of carbonyl (C=O) groups excluding carboxylic acids is 1. The minimum absolute atomic E-state index is 0.229. The van der Waals surface area contributed by atoms with E-state index >= 15 is 0 Å². The number of rotatable bonds is 3. The Morgan fingerprint density at radius 3 is 2.43 bits per heavy atom. The molecule has 1 rings (SSSR count). The zero-order valence-electron chi connectivity index (χ0n) is 9.67. The molecule has 1 fully saturated rings. The van der Waals surface area contributed by atoms with E-state index in [0.29, 0.717) is 24.4 Å². The van der Waals surface area contributed by atoms with Gasteiger partial charge in [-0.1, -0.05) is 20.8 Å². The van der Waals surface area contributed by atoms with Crippen LogP contribution in [0.2, 0.25) is 0 Å². The summed E-state index contributed by atoms with van der Waals surface area (Å²) in [6, 6.07) is 0. The van der Waals surface area contributed by atoms with Crippen LogP contribution in [0.5, 0.6) is 0 Å². The highest BCUT2D eigenvalue weighted by Crippen LogP contribution is 2.33. The fraction of sp³-hybridized carbons (Fsp3) is 0.909. The van der Waals surface area contributed by atoms with Gasteiger partial charge in [-0.25, -0.2) is 0 Å². The lowest BCUT2D eigenvalue weighted by molar-refractivity contribution is -0.141. The maximum absolute atomic E-state index is 11.5. The standard InChI is InChI=1S/C11H21NO2/c1-11(2,3)9-7-12(8-9)10(13)5-6-14-4/h9H,5-8H2,1-4H3. The van der Waals surface area contributed by atoms with E-state index in [1.165, 1.54) is 0 Å². The van der Waals surface area contributed by atoms with Gasteiger partial charge < -0.3 is 9.64 Å². The average Bonchev–Trinajstić information content (AvgIpc) is 1.94. The molecule has 3 nitrogen and oxygen atoms in total. The first-order chi connectivity index (χ1) is 6.45. The molecule has 0 bridgehead atoms. The summed E-state index contributed by atoms with van der Waals surface area (Å²) < 4.78 is 4.88. The number of ether oxygens (including phenoxy) is 1. The Morgan fingerprint density at radius 1 is 1.43 bits per heavy atom. The Hall–Kier alpha value is -0.570. The van der Waals surface area contributed by atoms with Gasteiger partial charge in [0.25, 0.3) is 0 Å². The van der Waals surface area contributed by atoms with Crippen LogP contribution < -0.4 is 0 Å². The Balaban J connectivity index is 2.24. The van der Waals surface area contributed by atoms with Gasteiger partial charge in [0.15, 0.2) is 0 Å². The maximum Gasteiger partial charge on any atom is 0.224 e. The molecule has 1 aliphatic heterocycles. The highest BCUT2D eigenvalue weighted by molar-refractivity contribution is 5.77. The first kappa shape index (κ1) is 11.5. The summed E-state index contributed by atoms with van der Waals surface area (Å²) >= 11 is 0. The molecule has 1 aliphatic rings. The minimum Gasteiger partial charge on any atom is -0.384 e. The van der Waals surface area contributed by atoms with Crippen molar-refractivity contribution in [2.75, 3.05) is 26.8 Å². The van der Waals surface area contributed by atoms with E-state index in [-0.39, 0.29) is 5.91 Å². The summed E-state index contributed by atoms with van der Waals surface area (Å²) in [5, 5.41) is 0. The van der Waals surface area contributed by atoms with Crippen molar-refractivity contribution >= 4 is 5.91 Å². The SMILES string of the molecule is COCCC(=O)N1CC(C(C)(C)C)C1. The van der Waals surface area contributed by atoms with Crippen LogP contribution in [0.4, 0.5) is 0 Å². The van der Waals surface area contributed by atoms with Crippen LogP contribution >= 0.6 is 0 Å². The Labute approximate surface area is 86.4 Å². The maximum atomic E-state index is 11.5. The smallest absolute Gasteiger partial charge is 0.224 e. The number of methoxy groups -OCH3 is 1. The molecule has 0 aromatic heterocycles. The van der Waals surface area contributed by atoms with Crippen molar-refractivity contribution < 1.29 is 9.53 Å². The highest BCUT2D eigenvalue weighted by atomic mass is 16.5. The summed E-state index contributed by atoms with van der Waals surface area (Å²) in [7, 11) is 1.63. The second-order valence-electron chi connectivity index (χ2n) is 5.10. The fourth-order valence-electron chi connectivity index (χ4n) is 1.58. The summed E-state index contributed by atoms with van der Waals surface area (Å²) in [6.07, 6.45) is 0.521. The summed E-state index contributed by atoms with van der Waals surface area (Å²) in [6.45, 7) is 9.07. The third kappa shape index (κ3) is 2.71. The van der Waals surface area contributed by atoms with Crippen LogP contribution in [-0.4, -0.2) is 37.6 Å². The monoisotopic (exact) mass is 199 g/mol. The Morgan fingerprint density at radius 2 is 2.00 bits per heavy atom. The largest absolute Gasteiger partial charge is 0.384 e. The van der Waals surface area contributed by atoms with Gasteiger partial charge in [-0.15, -0.1) is 0 Å². The van der Waals surface area contributed by atoms with Gasteiger partial charge in [0.05, 0.1) is 13.0 Å². The number of hydrogen-bond donors (Lipinski definition) is 0. The fourth-order valence-corrected chi connectivity index (χ4v) is 1.58. The van der Waals surface area contributed by atoms with Crippen molar-refractivity contribution in [2.45, 2.75) is 27.2 Å². The predicted molar refractivity (Wildman–Crippen MR) is 56.0 cm³/mol. The average molecular weight is 199 g/mol. The van der Waals surface area contributed by atoms with Crippen LogP contribution in [0.3, 0.4) is 0 Å². The van der Waals surface area contributed by atoms with Gasteiger partial charge in [0.1, 0.15) is 0 Å². The Bertz CT molecular complexity index is 202. The summed E-state index contributed by atoms with van der Waals surface area (Å²) in [5.41, 5.74) is 0.331. The number of hydrogen-bond acceptors (Lipinski definition) is 2. The lowest BCUT2D eigenvalue weighted by Gasteiger charge is -2.46. The molecule has 3 heteroatoms. The van der Waals surface area contributed by atoms with E-state index < -0.39 is 0 Å². The van der Waals surface area contributed by atoms with Crippen LogP contribution in [0.1, 0.15) is 27.2 Å². The molecule has 0 N–H and O–H groups in total. The van der Waals surface area contributed by atoms with Gasteiger partial charge >= 0.3 is 0 Å². The molecule has 0 spiro atoms. The van der Waals surface area contributed by atoms with Gasteiger partial charge in [-0.05, 0) is 11.3 Å². The molecule has 0 aromatic carbocycles. The molecule has 82 valence electrons. The molecule has 1 heterocycles. The molecule has 0 atom stereocenters. The minimum atomic E-state index is 0.229. The molecular weight excluding hydrogens is 178 g/mol. The molecule has 1 saturated heterocycles. The zero-order valence-corrected chi connectivity index (χ0v) is 9.67. The highest BCUT2D eigenvalue weighted by Gasteiger charge is 2.37. The van der Waals surface area contributed by atoms with E-state index in [1.54, 1.807) is 7.11 Å². The predicted octanol–water partition coefficient (Wildman–Crippen LogP) is 1.53. The van der Waals surface area contributed by atoms with Crippen molar-refractivity contribution in [3.63, 3.8) is 0 Å². The van der Waals surface area contributed by atoms with Crippen LogP contribution in [0.15, 0.2) is 0 Å². The van der Waals surface area contributed by atoms with Crippen molar-refractivity contribution in [1.82, 2.24) is 4.90 Å². The molecule has 14 heavy (non-hydrogen) atoms. The number of nitrogens with zero attached hydrogens (tertiary/aromatic N) is 1. The van der Waals surface area contributed by atoms with E-state index in [2.05, 4.69) is 20.8 Å². The quantitative estimate of drug-likeness (QED) is 0.690. The molecule has 1 amide bonds. The zero-order chi connectivity index (χ0) is 10.8. The van der Waals surface area contributed by atoms with Crippen molar-refractivity contribution in [3.05, 3.63) is 0 Å². The molecule has 0 aromatic rings. The van der Waals surface area contributed by atoms with Crippen molar-refractivity contribution in [1.29, 1.82) is 0 Å². The van der Waals surface area contributed by atoms with Gasteiger partial charge in [0, 0.05) is 20.2 Å². The third-order valence-corrected chi connectivity index (χ3v) is 2.98. The van der Waals surface area contributed by atoms with Crippen LogP contribution in [0, 0.1) is 11.3 Å². The normalized spacial score (nSPS) is 18.1. The lowest BCUT2D eigenvalue weighted by atomic mass is 9.76. The van der Waals surface area contributed by atoms with E-state index in [9.17, 15) is 4.79 Å². The van der Waals surface area contributed by atoms with E-state index in [1.807, 2.05) is 4.90 Å². The van der Waals surface area contributed by atoms with E-state index in [4.69, 9.17) is 4.74 Å². The van der Waals surface area contributed by atoms with Gasteiger partial charge in [0.2, 0.25) is 5.91 Å². The molecular formula is C11H21NO2. The topological polar surface area (TPSA) is 29.5 Å². The van der Waals surface area contributed by atoms with Gasteiger partial charge in [-0.3, -0.25) is 4.79 Å². The number of carbonyl (C=O) groups is 1. The molecule has 0 saturated carbocycles. The number of likely N-dealkylation sites (tertiary alicyclic amines) is 1. The van der Waals surface area contributed by atoms with Crippen molar-refractivity contribution in [2.24, 2.45) is 11.3 Å². The molecule has 0 unspecified atom stereocenters. The van der Waals surface area contributed by atoms with Crippen LogP contribution in [-0.2, 0) is 9.53 Å². The second-order valence-corrected chi connectivity index (χ2v) is 5.10. The molecule has 0 aliphatic carbocycles. The van der Waals surface area contributed by atoms with Crippen molar-refractivity contribution in [3.8, 4) is 0 Å². The third-order valence-electron chi connectivity index (χ3n) is 2.98. The number of amides is 1. The summed E-state index contributed by atoms with van der Waals surface area (Å²) in [4.78, 5) is 13.4. The lowest BCUT2D eigenvalue weighted by Crippen LogP contribution is -2.54. The second kappa shape index (κ2) is 4.30. The first-order valence-corrected chi connectivity index (χ1v) is 5.22. The van der Waals surface area contributed by atoms with Gasteiger partial charge in [-0.2, -0.15) is 0 Å². The van der Waals surface area contributed by atoms with Crippen LogP contribution in [0.25, 0.3) is 0 Å². The summed E-state index contributed by atoms with van der Waals surface area (Å²) in [5.74, 6) is 0.890. The first-order valence-electron chi connectivity index (χ1n) is 5.22. The Kier molecular flexibility index (Phi) is 3.53. The van der Waals surface area contributed by atoms with E-state index in [0.717, 1.165) is 13.1 Å². The molecule has 0 radical (unpaired) electrons.